The molecule has 0 aliphatic rings. The van der Waals surface area contributed by atoms with Crippen LogP contribution in [0.1, 0.15) is 5.56 Å². The highest BCUT2D eigenvalue weighted by Gasteiger charge is 2.12. The van der Waals surface area contributed by atoms with Crippen molar-refractivity contribution in [2.45, 2.75) is 0 Å². The fourth-order valence-corrected chi connectivity index (χ4v) is 2.23. The molecule has 21 heavy (non-hydrogen) atoms. The lowest BCUT2D eigenvalue weighted by molar-refractivity contribution is -0.380. The molecule has 1 aromatic heterocycles. The third kappa shape index (κ3) is 3.75. The first-order chi connectivity index (χ1) is 10.1. The van der Waals surface area contributed by atoms with E-state index in [1.54, 1.807) is 36.4 Å². The molecule has 0 atom stereocenters. The molecule has 2 aromatic rings. The molecule has 7 heteroatoms. The normalized spacial score (nSPS) is 10.7. The van der Waals surface area contributed by atoms with Crippen molar-refractivity contribution in [2.75, 3.05) is 5.32 Å². The van der Waals surface area contributed by atoms with Gasteiger partial charge in [0.2, 0.25) is 0 Å². The Labute approximate surface area is 124 Å². The van der Waals surface area contributed by atoms with E-state index in [9.17, 15) is 14.9 Å². The number of carbonyl (C=O) groups excluding carboxylic acids is 1. The molecule has 0 saturated carbocycles. The number of benzene rings is 1. The first-order valence-corrected chi connectivity index (χ1v) is 6.69. The van der Waals surface area contributed by atoms with Gasteiger partial charge in [-0.25, -0.2) is 0 Å². The maximum atomic E-state index is 12.0. The summed E-state index contributed by atoms with van der Waals surface area (Å²) in [5, 5.41) is 23.7. The molecule has 1 aromatic carbocycles. The van der Waals surface area contributed by atoms with E-state index < -0.39 is 10.8 Å². The molecule has 0 saturated heterocycles. The van der Waals surface area contributed by atoms with E-state index in [2.05, 4.69) is 5.32 Å². The van der Waals surface area contributed by atoms with Crippen molar-refractivity contribution in [2.24, 2.45) is 0 Å². The van der Waals surface area contributed by atoms with Crippen molar-refractivity contribution in [1.82, 2.24) is 0 Å². The summed E-state index contributed by atoms with van der Waals surface area (Å²) >= 11 is 0.941. The highest BCUT2D eigenvalue weighted by molar-refractivity contribution is 7.13. The first-order valence-electron chi connectivity index (χ1n) is 5.81. The van der Waals surface area contributed by atoms with Gasteiger partial charge in [0, 0.05) is 17.1 Å². The lowest BCUT2D eigenvalue weighted by Crippen LogP contribution is -2.13. The number of nitriles is 1. The molecule has 0 radical (unpaired) electrons. The van der Waals surface area contributed by atoms with Gasteiger partial charge in [-0.2, -0.15) is 5.26 Å². The Kier molecular flexibility index (Phi) is 4.43. The Bertz CT molecular complexity index is 744. The second-order valence-corrected chi connectivity index (χ2v) is 4.86. The molecule has 0 unspecified atom stereocenters. The van der Waals surface area contributed by atoms with Gasteiger partial charge in [-0.15, -0.1) is 0 Å². The van der Waals surface area contributed by atoms with Crippen LogP contribution in [0.25, 0.3) is 6.08 Å². The van der Waals surface area contributed by atoms with Gasteiger partial charge in [0.25, 0.3) is 5.91 Å². The standard InChI is InChI=1S/C14H9N3O3S/c15-8-11(6-10-7-13(17(19)20)21-9-10)14(18)16-12-4-2-1-3-5-12/h1-7,9H,(H,16,18)/b11-6-. The molecule has 0 spiro atoms. The number of amides is 1. The number of hydrogen-bond donors (Lipinski definition) is 1. The number of nitrogens with zero attached hydrogens (tertiary/aromatic N) is 2. The fraction of sp³-hybridized carbons (Fsp3) is 0. The number of rotatable bonds is 4. The van der Waals surface area contributed by atoms with Crippen LogP contribution in [-0.2, 0) is 4.79 Å². The second-order valence-electron chi connectivity index (χ2n) is 3.97. The van der Waals surface area contributed by atoms with Gasteiger partial charge >= 0.3 is 5.00 Å². The third-order valence-corrected chi connectivity index (χ3v) is 3.39. The van der Waals surface area contributed by atoms with Crippen molar-refractivity contribution >= 4 is 34.0 Å². The minimum Gasteiger partial charge on any atom is -0.321 e. The average Bonchev–Trinajstić information content (AvgIpc) is 2.94. The maximum absolute atomic E-state index is 12.0. The van der Waals surface area contributed by atoms with E-state index >= 15 is 0 Å². The quantitative estimate of drug-likeness (QED) is 0.406. The highest BCUT2D eigenvalue weighted by Crippen LogP contribution is 2.24. The van der Waals surface area contributed by atoms with Crippen LogP contribution in [0.2, 0.25) is 0 Å². The van der Waals surface area contributed by atoms with Crippen LogP contribution in [-0.4, -0.2) is 10.8 Å². The Hall–Kier alpha value is -2.98. The second kappa shape index (κ2) is 6.45. The summed E-state index contributed by atoms with van der Waals surface area (Å²) in [6.07, 6.45) is 1.32. The number of anilines is 1. The molecule has 104 valence electrons. The van der Waals surface area contributed by atoms with Gasteiger partial charge in [0.15, 0.2) is 0 Å². The van der Waals surface area contributed by atoms with Gasteiger partial charge in [0.1, 0.15) is 11.6 Å². The van der Waals surface area contributed by atoms with Crippen LogP contribution in [0.5, 0.6) is 0 Å². The molecule has 1 heterocycles. The monoisotopic (exact) mass is 299 g/mol. The average molecular weight is 299 g/mol. The topological polar surface area (TPSA) is 96.0 Å². The van der Waals surface area contributed by atoms with Gasteiger partial charge in [-0.3, -0.25) is 14.9 Å². The molecule has 6 nitrogen and oxygen atoms in total. The van der Waals surface area contributed by atoms with Gasteiger partial charge in [-0.05, 0) is 23.8 Å². The minimum absolute atomic E-state index is 0.0398. The molecule has 1 N–H and O–H groups in total. The summed E-state index contributed by atoms with van der Waals surface area (Å²) in [6, 6.07) is 11.8. The Morgan fingerprint density at radius 1 is 1.38 bits per heavy atom. The molecule has 1 amide bonds. The number of thiophene rings is 1. The smallest absolute Gasteiger partial charge is 0.321 e. The molecule has 0 aliphatic carbocycles. The van der Waals surface area contributed by atoms with Crippen LogP contribution >= 0.6 is 11.3 Å². The van der Waals surface area contributed by atoms with E-state index in [1.165, 1.54) is 17.5 Å². The van der Waals surface area contributed by atoms with Crippen LogP contribution in [0, 0.1) is 21.4 Å². The van der Waals surface area contributed by atoms with Crippen LogP contribution in [0.3, 0.4) is 0 Å². The molecule has 2 rings (SSSR count). The third-order valence-electron chi connectivity index (χ3n) is 2.49. The minimum atomic E-state index is -0.558. The van der Waals surface area contributed by atoms with Crippen molar-refractivity contribution in [3.8, 4) is 6.07 Å². The van der Waals surface area contributed by atoms with Gasteiger partial charge in [-0.1, -0.05) is 29.5 Å². The first kappa shape index (κ1) is 14.4. The number of hydrogen-bond acceptors (Lipinski definition) is 5. The van der Waals surface area contributed by atoms with Crippen LogP contribution in [0.4, 0.5) is 10.7 Å². The molecular weight excluding hydrogens is 290 g/mol. The van der Waals surface area contributed by atoms with Crippen molar-refractivity contribution in [3.05, 3.63) is 63.0 Å². The molecule has 0 fully saturated rings. The zero-order chi connectivity index (χ0) is 15.2. The number of nitro groups is 1. The zero-order valence-electron chi connectivity index (χ0n) is 10.6. The van der Waals surface area contributed by atoms with E-state index in [0.29, 0.717) is 11.3 Å². The van der Waals surface area contributed by atoms with Crippen molar-refractivity contribution in [1.29, 1.82) is 5.26 Å². The zero-order valence-corrected chi connectivity index (χ0v) is 11.5. The summed E-state index contributed by atoms with van der Waals surface area (Å²) in [5.74, 6) is -0.558. The Morgan fingerprint density at radius 3 is 2.67 bits per heavy atom. The lowest BCUT2D eigenvalue weighted by atomic mass is 10.2. The largest absolute Gasteiger partial charge is 0.324 e. The maximum Gasteiger partial charge on any atom is 0.324 e. The predicted molar refractivity (Wildman–Crippen MR) is 79.6 cm³/mol. The number of carbonyl (C=O) groups is 1. The SMILES string of the molecule is N#C/C(=C/c1csc([N+](=O)[O-])c1)C(=O)Nc1ccccc1. The Balaban J connectivity index is 2.18. The summed E-state index contributed by atoms with van der Waals surface area (Å²) in [5.41, 5.74) is 0.901. The van der Waals surface area contributed by atoms with E-state index in [4.69, 9.17) is 5.26 Å². The summed E-state index contributed by atoms with van der Waals surface area (Å²) < 4.78 is 0. The summed E-state index contributed by atoms with van der Waals surface area (Å²) in [4.78, 5) is 22.0. The number of para-hydroxylation sites is 1. The molecule has 0 aliphatic heterocycles. The van der Waals surface area contributed by atoms with Gasteiger partial charge in [0.05, 0.1) is 4.92 Å². The lowest BCUT2D eigenvalue weighted by Gasteiger charge is -2.03. The fourth-order valence-electron chi connectivity index (χ4n) is 1.55. The van der Waals surface area contributed by atoms with Crippen molar-refractivity contribution < 1.29 is 9.72 Å². The molecular formula is C14H9N3O3S. The number of nitrogens with one attached hydrogen (secondary N) is 1. The van der Waals surface area contributed by atoms with Crippen LogP contribution < -0.4 is 5.32 Å². The summed E-state index contributed by atoms with van der Waals surface area (Å²) in [6.45, 7) is 0. The highest BCUT2D eigenvalue weighted by atomic mass is 32.1. The summed E-state index contributed by atoms with van der Waals surface area (Å²) in [7, 11) is 0. The Morgan fingerprint density at radius 2 is 2.10 bits per heavy atom. The predicted octanol–water partition coefficient (Wildman–Crippen LogP) is 3.20. The van der Waals surface area contributed by atoms with E-state index in [0.717, 1.165) is 11.3 Å². The van der Waals surface area contributed by atoms with Crippen LogP contribution in [0.15, 0.2) is 47.4 Å². The van der Waals surface area contributed by atoms with Gasteiger partial charge < -0.3 is 5.32 Å². The van der Waals surface area contributed by atoms with Crippen molar-refractivity contribution in [3.63, 3.8) is 0 Å². The van der Waals surface area contributed by atoms with E-state index in [1.807, 2.05) is 0 Å². The van der Waals surface area contributed by atoms with E-state index in [-0.39, 0.29) is 10.6 Å². The molecule has 0 bridgehead atoms.